The molecule has 2 saturated carbocycles. The van der Waals surface area contributed by atoms with Crippen molar-refractivity contribution in [1.82, 2.24) is 5.32 Å². The van der Waals surface area contributed by atoms with Gasteiger partial charge in [0.15, 0.2) is 0 Å². The first-order valence-electron chi connectivity index (χ1n) is 7.91. The molecule has 1 nitrogen and oxygen atoms in total. The summed E-state index contributed by atoms with van der Waals surface area (Å²) in [6, 6.07) is 7.46. The molecule has 2 aliphatic rings. The molecule has 3 rings (SSSR count). The van der Waals surface area contributed by atoms with Crippen LogP contribution in [0.25, 0.3) is 0 Å². The molecule has 1 aromatic rings. The number of hydrogen-bond acceptors (Lipinski definition) is 1. The van der Waals surface area contributed by atoms with E-state index in [1.165, 1.54) is 48.8 Å². The molecular formula is C18H27N. The predicted molar refractivity (Wildman–Crippen MR) is 81.3 cm³/mol. The van der Waals surface area contributed by atoms with E-state index in [0.717, 1.165) is 17.8 Å². The molecule has 0 spiro atoms. The molecule has 0 aromatic heterocycles. The summed E-state index contributed by atoms with van der Waals surface area (Å²) in [5.74, 6) is 3.06. The van der Waals surface area contributed by atoms with Crippen LogP contribution >= 0.6 is 0 Å². The van der Waals surface area contributed by atoms with Gasteiger partial charge in [-0.1, -0.05) is 30.2 Å². The Balaban J connectivity index is 1.73. The minimum atomic E-state index is 0.546. The number of rotatable bonds is 4. The van der Waals surface area contributed by atoms with Crippen LogP contribution in [0, 0.1) is 31.6 Å². The van der Waals surface area contributed by atoms with Crippen molar-refractivity contribution < 1.29 is 0 Å². The lowest BCUT2D eigenvalue weighted by Gasteiger charge is -2.27. The highest BCUT2D eigenvalue weighted by atomic mass is 14.9. The van der Waals surface area contributed by atoms with E-state index in [0.29, 0.717) is 6.04 Å². The highest BCUT2D eigenvalue weighted by Crippen LogP contribution is 2.51. The van der Waals surface area contributed by atoms with Gasteiger partial charge in [0.05, 0.1) is 0 Å². The molecule has 0 heterocycles. The van der Waals surface area contributed by atoms with E-state index >= 15 is 0 Å². The summed E-state index contributed by atoms with van der Waals surface area (Å²) in [6.45, 7) is 4.44. The summed E-state index contributed by atoms with van der Waals surface area (Å²) < 4.78 is 0. The average Bonchev–Trinajstić information content (AvgIpc) is 2.99. The van der Waals surface area contributed by atoms with Crippen LogP contribution in [-0.4, -0.2) is 7.05 Å². The van der Waals surface area contributed by atoms with Crippen LogP contribution in [0.1, 0.15) is 54.8 Å². The summed E-state index contributed by atoms with van der Waals surface area (Å²) in [4.78, 5) is 0. The van der Waals surface area contributed by atoms with Gasteiger partial charge in [-0.15, -0.1) is 0 Å². The Morgan fingerprint density at radius 2 is 2.05 bits per heavy atom. The zero-order valence-corrected chi connectivity index (χ0v) is 12.6. The molecule has 1 heteroatoms. The number of nitrogens with one attached hydrogen (secondary N) is 1. The fraction of sp³-hybridized carbons (Fsp3) is 0.667. The SMILES string of the molecule is CNC(CC1CC2CCC1C2)c1ccc(C)cc1C. The molecule has 4 unspecified atom stereocenters. The quantitative estimate of drug-likeness (QED) is 0.843. The molecule has 104 valence electrons. The van der Waals surface area contributed by atoms with E-state index in [-0.39, 0.29) is 0 Å². The third-order valence-electron chi connectivity index (χ3n) is 5.57. The Bertz CT molecular complexity index is 451. The van der Waals surface area contributed by atoms with Crippen molar-refractivity contribution in [2.24, 2.45) is 17.8 Å². The second kappa shape index (κ2) is 5.28. The van der Waals surface area contributed by atoms with Crippen molar-refractivity contribution in [3.05, 3.63) is 34.9 Å². The van der Waals surface area contributed by atoms with E-state index in [4.69, 9.17) is 0 Å². The first-order valence-corrected chi connectivity index (χ1v) is 7.91. The highest BCUT2D eigenvalue weighted by molar-refractivity contribution is 5.32. The zero-order valence-electron chi connectivity index (χ0n) is 12.6. The van der Waals surface area contributed by atoms with Crippen LogP contribution in [0.2, 0.25) is 0 Å². The second-order valence-electron chi connectivity index (χ2n) is 6.87. The van der Waals surface area contributed by atoms with E-state index in [1.807, 2.05) is 0 Å². The molecule has 0 saturated heterocycles. The number of benzene rings is 1. The molecule has 1 N–H and O–H groups in total. The summed E-state index contributed by atoms with van der Waals surface area (Å²) >= 11 is 0. The molecule has 2 fully saturated rings. The fourth-order valence-electron chi connectivity index (χ4n) is 4.58. The lowest BCUT2D eigenvalue weighted by molar-refractivity contribution is 0.284. The van der Waals surface area contributed by atoms with Gasteiger partial charge >= 0.3 is 0 Å². The Kier molecular flexibility index (Phi) is 3.66. The van der Waals surface area contributed by atoms with Crippen LogP contribution in [0.15, 0.2) is 18.2 Å². The average molecular weight is 257 g/mol. The molecule has 2 aliphatic carbocycles. The van der Waals surface area contributed by atoms with E-state index in [1.54, 1.807) is 0 Å². The van der Waals surface area contributed by atoms with Crippen LogP contribution in [-0.2, 0) is 0 Å². The Labute approximate surface area is 117 Å². The zero-order chi connectivity index (χ0) is 13.4. The van der Waals surface area contributed by atoms with Gasteiger partial charge in [-0.05, 0) is 75.5 Å². The molecule has 4 atom stereocenters. The normalized spacial score (nSPS) is 30.8. The van der Waals surface area contributed by atoms with Crippen molar-refractivity contribution in [3.8, 4) is 0 Å². The maximum Gasteiger partial charge on any atom is 0.0322 e. The molecule has 2 bridgehead atoms. The summed E-state index contributed by atoms with van der Waals surface area (Å²) in [5, 5.41) is 3.57. The van der Waals surface area contributed by atoms with Crippen LogP contribution in [0.3, 0.4) is 0 Å². The van der Waals surface area contributed by atoms with E-state index in [2.05, 4.69) is 44.4 Å². The third kappa shape index (κ3) is 2.58. The minimum absolute atomic E-state index is 0.546. The Hall–Kier alpha value is -0.820. The van der Waals surface area contributed by atoms with Crippen LogP contribution in [0.5, 0.6) is 0 Å². The molecule has 19 heavy (non-hydrogen) atoms. The van der Waals surface area contributed by atoms with Gasteiger partial charge in [-0.25, -0.2) is 0 Å². The maximum atomic E-state index is 3.57. The van der Waals surface area contributed by atoms with Crippen molar-refractivity contribution in [3.63, 3.8) is 0 Å². The standard InChI is InChI=1S/C18H27N/c1-12-4-7-17(13(2)8-12)18(19-3)11-16-10-14-5-6-15(16)9-14/h4,7-8,14-16,18-19H,5-6,9-11H2,1-3H3. The topological polar surface area (TPSA) is 12.0 Å². The monoisotopic (exact) mass is 257 g/mol. The molecule has 1 aromatic carbocycles. The first kappa shape index (κ1) is 13.2. The first-order chi connectivity index (χ1) is 9.17. The lowest BCUT2D eigenvalue weighted by Crippen LogP contribution is -2.23. The number of aryl methyl sites for hydroxylation is 2. The Morgan fingerprint density at radius 1 is 1.21 bits per heavy atom. The van der Waals surface area contributed by atoms with Gasteiger partial charge < -0.3 is 5.32 Å². The van der Waals surface area contributed by atoms with Crippen molar-refractivity contribution >= 4 is 0 Å². The lowest BCUT2D eigenvalue weighted by atomic mass is 9.82. The third-order valence-corrected chi connectivity index (χ3v) is 5.57. The Morgan fingerprint density at radius 3 is 2.63 bits per heavy atom. The van der Waals surface area contributed by atoms with Gasteiger partial charge in [0.1, 0.15) is 0 Å². The van der Waals surface area contributed by atoms with E-state index in [9.17, 15) is 0 Å². The van der Waals surface area contributed by atoms with E-state index < -0.39 is 0 Å². The van der Waals surface area contributed by atoms with Gasteiger partial charge in [-0.2, -0.15) is 0 Å². The highest BCUT2D eigenvalue weighted by Gasteiger charge is 2.40. The number of fused-ring (bicyclic) bond motifs is 2. The molecule has 0 radical (unpaired) electrons. The molecular weight excluding hydrogens is 230 g/mol. The van der Waals surface area contributed by atoms with Gasteiger partial charge in [0.25, 0.3) is 0 Å². The molecule has 0 amide bonds. The minimum Gasteiger partial charge on any atom is -0.313 e. The summed E-state index contributed by atoms with van der Waals surface area (Å²) in [6.07, 6.45) is 7.36. The molecule has 0 aliphatic heterocycles. The fourth-order valence-corrected chi connectivity index (χ4v) is 4.58. The van der Waals surface area contributed by atoms with Crippen LogP contribution < -0.4 is 5.32 Å². The number of hydrogen-bond donors (Lipinski definition) is 1. The predicted octanol–water partition coefficient (Wildman–Crippen LogP) is 4.39. The smallest absolute Gasteiger partial charge is 0.0322 e. The van der Waals surface area contributed by atoms with Crippen molar-refractivity contribution in [2.45, 2.75) is 52.0 Å². The van der Waals surface area contributed by atoms with Gasteiger partial charge in [-0.3, -0.25) is 0 Å². The van der Waals surface area contributed by atoms with Crippen molar-refractivity contribution in [1.29, 1.82) is 0 Å². The van der Waals surface area contributed by atoms with Crippen molar-refractivity contribution in [2.75, 3.05) is 7.05 Å². The van der Waals surface area contributed by atoms with Crippen LogP contribution in [0.4, 0.5) is 0 Å². The second-order valence-corrected chi connectivity index (χ2v) is 6.87. The van der Waals surface area contributed by atoms with Gasteiger partial charge in [0, 0.05) is 6.04 Å². The maximum absolute atomic E-state index is 3.57. The largest absolute Gasteiger partial charge is 0.313 e. The summed E-state index contributed by atoms with van der Waals surface area (Å²) in [5.41, 5.74) is 4.33. The summed E-state index contributed by atoms with van der Waals surface area (Å²) in [7, 11) is 2.12. The van der Waals surface area contributed by atoms with Gasteiger partial charge in [0.2, 0.25) is 0 Å².